The highest BCUT2D eigenvalue weighted by atomic mass is 35.5. The van der Waals surface area contributed by atoms with E-state index in [1.165, 1.54) is 6.20 Å². The van der Waals surface area contributed by atoms with Crippen molar-refractivity contribution in [2.75, 3.05) is 6.61 Å². The van der Waals surface area contributed by atoms with E-state index in [1.54, 1.807) is 18.2 Å². The fourth-order valence-corrected chi connectivity index (χ4v) is 4.34. The van der Waals surface area contributed by atoms with Gasteiger partial charge in [0.2, 0.25) is 0 Å². The minimum Gasteiger partial charge on any atom is -0.484 e. The lowest BCUT2D eigenvalue weighted by Crippen LogP contribution is -2.84. The Bertz CT molecular complexity index is 851. The van der Waals surface area contributed by atoms with Crippen molar-refractivity contribution in [3.63, 3.8) is 0 Å². The van der Waals surface area contributed by atoms with Crippen LogP contribution in [0.5, 0.6) is 5.75 Å². The average molecular weight is 393 g/mol. The number of amides is 2. The zero-order chi connectivity index (χ0) is 18.4. The summed E-state index contributed by atoms with van der Waals surface area (Å²) in [5.41, 5.74) is 0.799. The van der Waals surface area contributed by atoms with E-state index in [-0.39, 0.29) is 29.5 Å². The van der Waals surface area contributed by atoms with Crippen LogP contribution in [0.2, 0.25) is 5.02 Å². The molecule has 1 heterocycles. The van der Waals surface area contributed by atoms with E-state index < -0.39 is 0 Å². The zero-order valence-corrected chi connectivity index (χ0v) is 15.6. The fraction of sp³-hybridized carbons (Fsp3) is 0.412. The van der Waals surface area contributed by atoms with E-state index in [4.69, 9.17) is 16.3 Å². The lowest BCUT2D eigenvalue weighted by atomic mass is 9.44. The van der Waals surface area contributed by atoms with Crippen molar-refractivity contribution in [3.8, 4) is 5.75 Å². The second kappa shape index (κ2) is 6.21. The molecule has 2 N–H and O–H groups in total. The molecule has 136 valence electrons. The van der Waals surface area contributed by atoms with Gasteiger partial charge in [-0.05, 0) is 49.9 Å². The molecule has 0 aliphatic heterocycles. The van der Waals surface area contributed by atoms with Gasteiger partial charge in [0.05, 0.1) is 17.9 Å². The van der Waals surface area contributed by atoms with E-state index >= 15 is 0 Å². The van der Waals surface area contributed by atoms with Crippen molar-refractivity contribution in [1.29, 1.82) is 0 Å². The monoisotopic (exact) mass is 392 g/mol. The summed E-state index contributed by atoms with van der Waals surface area (Å²) in [5.74, 6) is 0.237. The van der Waals surface area contributed by atoms with Crippen LogP contribution in [-0.4, -0.2) is 38.2 Å². The summed E-state index contributed by atoms with van der Waals surface area (Å²) in [4.78, 5) is 24.2. The van der Waals surface area contributed by atoms with Crippen molar-refractivity contribution < 1.29 is 14.3 Å². The zero-order valence-electron chi connectivity index (χ0n) is 14.0. The minimum absolute atomic E-state index is 0.0489. The van der Waals surface area contributed by atoms with Crippen LogP contribution in [0.15, 0.2) is 24.4 Å². The van der Waals surface area contributed by atoms with Crippen LogP contribution in [0.4, 0.5) is 0 Å². The number of aryl methyl sites for hydroxylation is 1. The first kappa shape index (κ1) is 17.2. The number of ether oxygens (including phenoxy) is 1. The van der Waals surface area contributed by atoms with Crippen LogP contribution in [0.3, 0.4) is 0 Å². The van der Waals surface area contributed by atoms with Crippen LogP contribution < -0.4 is 15.4 Å². The quantitative estimate of drug-likeness (QED) is 0.785. The van der Waals surface area contributed by atoms with Crippen LogP contribution in [0.25, 0.3) is 0 Å². The molecule has 5 rings (SSSR count). The Kier molecular flexibility index (Phi) is 4.11. The van der Waals surface area contributed by atoms with Gasteiger partial charge >= 0.3 is 0 Å². The SMILES string of the molecule is Cc1cc(OCC(=O)NC23CC(NC(=O)c4cnsn4)(C2)C3)ccc1Cl. The third-order valence-corrected chi connectivity index (χ3v) is 5.81. The molecule has 2 amide bonds. The first-order valence-corrected chi connectivity index (χ1v) is 9.30. The van der Waals surface area contributed by atoms with Crippen LogP contribution >= 0.6 is 23.3 Å². The average Bonchev–Trinajstić information content (AvgIpc) is 3.07. The number of hydrogen-bond acceptors (Lipinski definition) is 6. The molecule has 26 heavy (non-hydrogen) atoms. The Labute approximate surface area is 159 Å². The molecule has 3 fully saturated rings. The fourth-order valence-electron chi connectivity index (χ4n) is 3.81. The molecule has 7 nitrogen and oxygen atoms in total. The maximum atomic E-state index is 12.1. The Balaban J connectivity index is 1.23. The molecule has 9 heteroatoms. The van der Waals surface area contributed by atoms with Gasteiger partial charge in [0.1, 0.15) is 5.75 Å². The number of nitrogens with one attached hydrogen (secondary N) is 2. The van der Waals surface area contributed by atoms with Gasteiger partial charge < -0.3 is 15.4 Å². The molecular formula is C17H17ClN4O3S. The molecule has 0 atom stereocenters. The highest BCUT2D eigenvalue weighted by Gasteiger charge is 2.69. The van der Waals surface area contributed by atoms with E-state index in [1.807, 2.05) is 6.92 Å². The van der Waals surface area contributed by atoms with Crippen molar-refractivity contribution in [2.45, 2.75) is 37.3 Å². The lowest BCUT2D eigenvalue weighted by molar-refractivity contribution is -0.141. The van der Waals surface area contributed by atoms with Crippen LogP contribution in [0, 0.1) is 6.92 Å². The van der Waals surface area contributed by atoms with Gasteiger partial charge in [-0.3, -0.25) is 9.59 Å². The van der Waals surface area contributed by atoms with Gasteiger partial charge in [0.25, 0.3) is 11.8 Å². The maximum Gasteiger partial charge on any atom is 0.273 e. The molecule has 1 aromatic carbocycles. The molecule has 0 saturated heterocycles. The summed E-state index contributed by atoms with van der Waals surface area (Å²) in [7, 11) is 0. The summed E-state index contributed by atoms with van der Waals surface area (Å²) in [6, 6.07) is 5.28. The Morgan fingerprint density at radius 2 is 2.00 bits per heavy atom. The molecule has 0 radical (unpaired) electrons. The summed E-state index contributed by atoms with van der Waals surface area (Å²) >= 11 is 6.98. The molecule has 3 aliphatic carbocycles. The van der Waals surface area contributed by atoms with Gasteiger partial charge in [-0.25, -0.2) is 0 Å². The van der Waals surface area contributed by atoms with E-state index in [0.29, 0.717) is 16.5 Å². The standard InChI is InChI=1S/C17H17ClN4O3S/c1-10-4-11(2-3-12(10)18)25-6-14(23)20-16-7-17(8-16,9-16)21-15(24)13-5-19-26-22-13/h2-5H,6-9H2,1H3,(H,20,23)(H,21,24). The molecule has 2 bridgehead atoms. The molecule has 3 saturated carbocycles. The molecule has 0 unspecified atom stereocenters. The summed E-state index contributed by atoms with van der Waals surface area (Å²) in [6.45, 7) is 1.83. The number of carbonyl (C=O) groups is 2. The van der Waals surface area contributed by atoms with Crippen molar-refractivity contribution in [3.05, 3.63) is 40.7 Å². The van der Waals surface area contributed by atoms with Crippen molar-refractivity contribution in [2.24, 2.45) is 0 Å². The number of nitrogens with zero attached hydrogens (tertiary/aromatic N) is 2. The molecule has 2 aromatic rings. The predicted molar refractivity (Wildman–Crippen MR) is 96.5 cm³/mol. The van der Waals surface area contributed by atoms with Gasteiger partial charge in [0, 0.05) is 16.1 Å². The molecule has 1 aromatic heterocycles. The van der Waals surface area contributed by atoms with Gasteiger partial charge in [-0.1, -0.05) is 11.6 Å². The Morgan fingerprint density at radius 3 is 2.65 bits per heavy atom. The number of benzene rings is 1. The maximum absolute atomic E-state index is 12.1. The van der Waals surface area contributed by atoms with Crippen molar-refractivity contribution >= 4 is 35.1 Å². The number of halogens is 1. The lowest BCUT2D eigenvalue weighted by Gasteiger charge is -2.70. The second-order valence-electron chi connectivity index (χ2n) is 7.09. The van der Waals surface area contributed by atoms with Gasteiger partial charge in [-0.2, -0.15) is 8.75 Å². The van der Waals surface area contributed by atoms with E-state index in [0.717, 1.165) is 36.6 Å². The predicted octanol–water partition coefficient (Wildman–Crippen LogP) is 2.10. The third-order valence-electron chi connectivity index (χ3n) is 4.91. The van der Waals surface area contributed by atoms with Gasteiger partial charge in [0.15, 0.2) is 12.3 Å². The van der Waals surface area contributed by atoms with Crippen LogP contribution in [-0.2, 0) is 4.79 Å². The van der Waals surface area contributed by atoms with E-state index in [9.17, 15) is 9.59 Å². The number of aromatic nitrogens is 2. The summed E-state index contributed by atoms with van der Waals surface area (Å²) in [6.07, 6.45) is 3.65. The topological polar surface area (TPSA) is 93.2 Å². The molecule has 3 aliphatic rings. The number of carbonyl (C=O) groups excluding carboxylic acids is 2. The Morgan fingerprint density at radius 1 is 1.27 bits per heavy atom. The number of rotatable bonds is 6. The van der Waals surface area contributed by atoms with Crippen LogP contribution in [0.1, 0.15) is 35.3 Å². The summed E-state index contributed by atoms with van der Waals surface area (Å²) in [5, 5.41) is 6.68. The highest BCUT2D eigenvalue weighted by molar-refractivity contribution is 6.99. The largest absolute Gasteiger partial charge is 0.484 e. The normalized spacial score (nSPS) is 25.6. The smallest absolute Gasteiger partial charge is 0.273 e. The minimum atomic E-state index is -0.220. The molecule has 0 spiro atoms. The number of hydrogen-bond donors (Lipinski definition) is 2. The first-order valence-electron chi connectivity index (χ1n) is 8.19. The Hall–Kier alpha value is -2.19. The second-order valence-corrected chi connectivity index (χ2v) is 8.05. The van der Waals surface area contributed by atoms with E-state index in [2.05, 4.69) is 19.4 Å². The molecular weight excluding hydrogens is 376 g/mol. The van der Waals surface area contributed by atoms with Crippen molar-refractivity contribution in [1.82, 2.24) is 19.4 Å². The highest BCUT2D eigenvalue weighted by Crippen LogP contribution is 2.60. The first-order chi connectivity index (χ1) is 12.4. The third kappa shape index (κ3) is 3.14. The van der Waals surface area contributed by atoms with Gasteiger partial charge in [-0.15, -0.1) is 0 Å². The summed E-state index contributed by atoms with van der Waals surface area (Å²) < 4.78 is 13.3.